The van der Waals surface area contributed by atoms with Crippen LogP contribution < -0.4 is 21.3 Å². The first-order valence-corrected chi connectivity index (χ1v) is 20.5. The van der Waals surface area contributed by atoms with Gasteiger partial charge in [0.1, 0.15) is 16.3 Å². The van der Waals surface area contributed by atoms with E-state index in [4.69, 9.17) is 0 Å². The van der Waals surface area contributed by atoms with E-state index in [0.29, 0.717) is 13.0 Å². The summed E-state index contributed by atoms with van der Waals surface area (Å²) in [7, 11) is -3.79. The summed E-state index contributed by atoms with van der Waals surface area (Å²) in [5.41, 5.74) is -1.56. The second kappa shape index (κ2) is 16.8. The molecule has 1 unspecified atom stereocenters. The molecule has 0 aromatic carbocycles. The van der Waals surface area contributed by atoms with E-state index in [9.17, 15) is 32.4 Å². The zero-order chi connectivity index (χ0) is 39.4. The zero-order valence-electron chi connectivity index (χ0n) is 32.5. The van der Waals surface area contributed by atoms with Gasteiger partial charge in [-0.15, -0.1) is 17.9 Å². The summed E-state index contributed by atoms with van der Waals surface area (Å²) in [6.07, 6.45) is 3.08. The molecule has 13 nitrogen and oxygen atoms in total. The normalized spacial score (nSPS) is 21.4. The first-order chi connectivity index (χ1) is 24.0. The molecule has 1 aliphatic carbocycles. The minimum atomic E-state index is -3.79. The van der Waals surface area contributed by atoms with Crippen LogP contribution in [0.25, 0.3) is 0 Å². The molecule has 4 N–H and O–H groups in total. The summed E-state index contributed by atoms with van der Waals surface area (Å²) < 4.78 is 28.3. The molecule has 1 aromatic rings. The van der Waals surface area contributed by atoms with Crippen molar-refractivity contribution < 1.29 is 32.4 Å². The number of thiophene rings is 1. The Balaban J connectivity index is 1.85. The third-order valence-corrected chi connectivity index (χ3v) is 13.8. The number of urea groups is 1. The molecule has 0 radical (unpaired) electrons. The van der Waals surface area contributed by atoms with Gasteiger partial charge in [0, 0.05) is 32.2 Å². The number of likely N-dealkylation sites (N-methyl/N-ethyl adjacent to an activating group) is 1. The third kappa shape index (κ3) is 9.81. The maximum absolute atomic E-state index is 14.5. The van der Waals surface area contributed by atoms with Crippen molar-refractivity contribution in [3.8, 4) is 0 Å². The average molecular weight is 765 g/mol. The van der Waals surface area contributed by atoms with Crippen LogP contribution in [0.5, 0.6) is 0 Å². The maximum atomic E-state index is 14.5. The van der Waals surface area contributed by atoms with Crippen LogP contribution in [0.1, 0.15) is 88.5 Å². The zero-order valence-corrected chi connectivity index (χ0v) is 34.1. The van der Waals surface area contributed by atoms with Gasteiger partial charge in [0.05, 0.1) is 6.04 Å². The highest BCUT2D eigenvalue weighted by atomic mass is 32.2. The number of nitrogens with one attached hydrogen (secondary N) is 4. The molecule has 2 aliphatic rings. The topological polar surface area (TPSA) is 174 Å². The Hall–Kier alpha value is -3.30. The number of hydrogen-bond donors (Lipinski definition) is 4. The lowest BCUT2D eigenvalue weighted by molar-refractivity contribution is -0.145. The van der Waals surface area contributed by atoms with Crippen LogP contribution >= 0.6 is 11.3 Å². The van der Waals surface area contributed by atoms with Crippen LogP contribution in [0.15, 0.2) is 34.4 Å². The van der Waals surface area contributed by atoms with E-state index in [0.717, 1.165) is 17.8 Å². The van der Waals surface area contributed by atoms with Gasteiger partial charge in [-0.1, -0.05) is 94.2 Å². The van der Waals surface area contributed by atoms with Crippen molar-refractivity contribution in [2.24, 2.45) is 28.1 Å². The number of rotatable bonds is 17. The highest BCUT2D eigenvalue weighted by Gasteiger charge is 2.70. The number of piperidine rings is 1. The van der Waals surface area contributed by atoms with Gasteiger partial charge in [-0.2, -0.15) is 4.31 Å². The molecule has 1 aliphatic heterocycles. The van der Waals surface area contributed by atoms with Gasteiger partial charge in [0.15, 0.2) is 0 Å². The van der Waals surface area contributed by atoms with Crippen LogP contribution in [0.3, 0.4) is 0 Å². The molecule has 2 heterocycles. The summed E-state index contributed by atoms with van der Waals surface area (Å²) in [6, 6.07) is -1.05. The van der Waals surface area contributed by atoms with Gasteiger partial charge in [0.2, 0.25) is 17.6 Å². The van der Waals surface area contributed by atoms with Gasteiger partial charge in [-0.05, 0) is 45.9 Å². The van der Waals surface area contributed by atoms with Crippen LogP contribution in [0.2, 0.25) is 0 Å². The van der Waals surface area contributed by atoms with Crippen molar-refractivity contribution in [3.63, 3.8) is 0 Å². The SMILES string of the molecule is C=CCNC(=O)C(=O)C(CCCC)NC(=O)[C@@H]1[C@@H]2[C@H](CN1C(=O)[C@@H](NC(=O)N[C@H](CN(CC)S(=O)(=O)c1cccs1)C(C)(C)C)C(C)(C)C)C2(C)C. The average Bonchev–Trinajstić information content (AvgIpc) is 3.51. The number of Topliss-reactive ketones (excluding diaryl/α,β-unsaturated/α-hetero) is 1. The van der Waals surface area contributed by atoms with Crippen molar-refractivity contribution in [2.45, 2.75) is 117 Å². The summed E-state index contributed by atoms with van der Waals surface area (Å²) >= 11 is 1.13. The number of nitrogens with zero attached hydrogens (tertiary/aromatic N) is 2. The molecule has 1 aromatic heterocycles. The summed E-state index contributed by atoms with van der Waals surface area (Å²) in [5, 5.41) is 12.8. The smallest absolute Gasteiger partial charge is 0.315 e. The summed E-state index contributed by atoms with van der Waals surface area (Å²) in [6.45, 7) is 23.1. The molecule has 0 spiro atoms. The Morgan fingerprint density at radius 1 is 1.06 bits per heavy atom. The number of carbonyl (C=O) groups excluding carboxylic acids is 5. The number of likely N-dealkylation sites (tertiary alicyclic amines) is 1. The van der Waals surface area contributed by atoms with Gasteiger partial charge in [-0.3, -0.25) is 19.2 Å². The number of fused-ring (bicyclic) bond motifs is 1. The molecule has 5 amide bonds. The number of hydrogen-bond acceptors (Lipinski definition) is 8. The molecular weight excluding hydrogens is 705 g/mol. The first-order valence-electron chi connectivity index (χ1n) is 18.2. The van der Waals surface area contributed by atoms with Crippen LogP contribution in [-0.4, -0.2) is 97.5 Å². The lowest BCUT2D eigenvalue weighted by atomic mass is 9.85. The second-order valence-electron chi connectivity index (χ2n) is 16.7. The molecule has 1 saturated carbocycles. The molecule has 0 bridgehead atoms. The highest BCUT2D eigenvalue weighted by Crippen LogP contribution is 2.65. The summed E-state index contributed by atoms with van der Waals surface area (Å²) in [4.78, 5) is 69.5. The molecule has 1 saturated heterocycles. The van der Waals surface area contributed by atoms with Gasteiger partial charge in [0.25, 0.3) is 15.9 Å². The number of unbranched alkanes of at least 4 members (excludes halogenated alkanes) is 1. The van der Waals surface area contributed by atoms with E-state index in [2.05, 4.69) is 27.8 Å². The molecule has 3 rings (SSSR count). The minimum absolute atomic E-state index is 0.0120. The van der Waals surface area contributed by atoms with Gasteiger partial charge < -0.3 is 26.2 Å². The fraction of sp³-hybridized carbons (Fsp3) is 0.703. The first kappa shape index (κ1) is 43.1. The van der Waals surface area contributed by atoms with Gasteiger partial charge in [-0.25, -0.2) is 13.2 Å². The number of carbonyl (C=O) groups is 5. The van der Waals surface area contributed by atoms with E-state index in [1.807, 2.05) is 62.3 Å². The predicted molar refractivity (Wildman–Crippen MR) is 203 cm³/mol. The third-order valence-electron chi connectivity index (χ3n) is 10.4. The molecular formula is C37H60N6O7S2. The Morgan fingerprint density at radius 3 is 2.23 bits per heavy atom. The largest absolute Gasteiger partial charge is 0.346 e. The van der Waals surface area contributed by atoms with E-state index in [1.165, 1.54) is 15.3 Å². The second-order valence-corrected chi connectivity index (χ2v) is 19.8. The predicted octanol–water partition coefficient (Wildman–Crippen LogP) is 3.92. The molecule has 52 heavy (non-hydrogen) atoms. The van der Waals surface area contributed by atoms with Crippen LogP contribution in [0, 0.1) is 28.1 Å². The van der Waals surface area contributed by atoms with Crippen molar-refractivity contribution in [3.05, 3.63) is 30.2 Å². The quantitative estimate of drug-likeness (QED) is 0.138. The fourth-order valence-corrected chi connectivity index (χ4v) is 9.59. The molecule has 15 heteroatoms. The summed E-state index contributed by atoms with van der Waals surface area (Å²) in [5.74, 6) is -2.64. The van der Waals surface area contributed by atoms with E-state index in [-0.39, 0.29) is 47.5 Å². The molecule has 2 fully saturated rings. The van der Waals surface area contributed by atoms with Crippen molar-refractivity contribution >= 4 is 50.9 Å². The fourth-order valence-electron chi connectivity index (χ4n) is 6.98. The maximum Gasteiger partial charge on any atom is 0.315 e. The molecule has 292 valence electrons. The standard InChI is InChI=1S/C37H60N6O7S2/c1-12-15-17-24(29(44)32(46)38-19-13-2)39-31(45)28-27-23(37(27,10)11)21-43(28)33(47)30(36(7,8)9)41-34(48)40-25(35(4,5)6)22-42(14-3)52(49,50)26-18-16-20-51-26/h13,16,18,20,23-25,27-28,30H,2,12,14-15,17,19,21-22H2,1,3-11H3,(H,38,46)(H,39,45)(H2,40,41,48)/t23-,24?,25+,27-,28-,30+/m0/s1. The number of sulfonamides is 1. The lowest BCUT2D eigenvalue weighted by Gasteiger charge is -2.39. The number of ketones is 1. The van der Waals surface area contributed by atoms with Crippen molar-refractivity contribution in [2.75, 3.05) is 26.2 Å². The Labute approximate surface area is 314 Å². The van der Waals surface area contributed by atoms with Gasteiger partial charge >= 0.3 is 6.03 Å². The van der Waals surface area contributed by atoms with Crippen LogP contribution in [0.4, 0.5) is 4.79 Å². The van der Waals surface area contributed by atoms with Crippen LogP contribution in [-0.2, 0) is 29.2 Å². The monoisotopic (exact) mass is 764 g/mol. The van der Waals surface area contributed by atoms with Crippen molar-refractivity contribution in [1.29, 1.82) is 0 Å². The lowest BCUT2D eigenvalue weighted by Crippen LogP contribution is -2.62. The number of amides is 5. The Bertz CT molecular complexity index is 1580. The molecule has 6 atom stereocenters. The highest BCUT2D eigenvalue weighted by molar-refractivity contribution is 7.91. The minimum Gasteiger partial charge on any atom is -0.346 e. The van der Waals surface area contributed by atoms with Crippen molar-refractivity contribution in [1.82, 2.24) is 30.5 Å². The Kier molecular flexibility index (Phi) is 13.9. The Morgan fingerprint density at radius 2 is 1.71 bits per heavy atom. The van der Waals surface area contributed by atoms with E-state index < -0.39 is 74.6 Å². The van der Waals surface area contributed by atoms with E-state index >= 15 is 0 Å². The van der Waals surface area contributed by atoms with E-state index in [1.54, 1.807) is 24.4 Å².